The molecule has 4 nitrogen and oxygen atoms in total. The summed E-state index contributed by atoms with van der Waals surface area (Å²) in [5.74, 6) is 1.44. The van der Waals surface area contributed by atoms with Crippen molar-refractivity contribution in [1.29, 1.82) is 0 Å². The summed E-state index contributed by atoms with van der Waals surface area (Å²) in [4.78, 5) is 14.2. The molecule has 2 aromatic carbocycles. The maximum absolute atomic E-state index is 12.5. The molecule has 1 atom stereocenters. The first-order chi connectivity index (χ1) is 12.2. The maximum atomic E-state index is 12.5. The van der Waals surface area contributed by atoms with Crippen LogP contribution in [0, 0.1) is 0 Å². The number of rotatable bonds is 4. The predicted octanol–water partition coefficient (Wildman–Crippen LogP) is 4.63. The first-order valence-corrected chi connectivity index (χ1v) is 8.88. The number of amides is 1. The topological polar surface area (TPSA) is 47.6 Å². The molecule has 2 heterocycles. The lowest BCUT2D eigenvalue weighted by Crippen LogP contribution is -2.25. The fourth-order valence-electron chi connectivity index (χ4n) is 2.76. The normalized spacial score (nSPS) is 13.5. The quantitative estimate of drug-likeness (QED) is 0.745. The van der Waals surface area contributed by atoms with E-state index in [9.17, 15) is 4.79 Å². The van der Waals surface area contributed by atoms with E-state index in [1.165, 1.54) is 11.3 Å². The molecule has 0 saturated heterocycles. The van der Waals surface area contributed by atoms with E-state index >= 15 is 0 Å². The highest BCUT2D eigenvalue weighted by atomic mass is 32.1. The van der Waals surface area contributed by atoms with Crippen molar-refractivity contribution < 1.29 is 14.3 Å². The lowest BCUT2D eigenvalue weighted by Gasteiger charge is -2.13. The second kappa shape index (κ2) is 6.61. The standard InChI is InChI=1S/C20H17NO3S/c1-13(14-5-3-2-4-6-14)21-20(22)19-10-9-18(25-19)15-7-8-16-17(11-15)24-12-23-16/h2-11,13H,12H2,1H3,(H,21,22)/t13-/m1/s1. The van der Waals surface area contributed by atoms with Crippen LogP contribution in [0.5, 0.6) is 11.5 Å². The molecule has 4 rings (SSSR count). The van der Waals surface area contributed by atoms with Gasteiger partial charge in [0.2, 0.25) is 6.79 Å². The number of carbonyl (C=O) groups excluding carboxylic acids is 1. The average molecular weight is 351 g/mol. The van der Waals surface area contributed by atoms with Crippen LogP contribution in [0.15, 0.2) is 60.7 Å². The Kier molecular flexibility index (Phi) is 4.15. The summed E-state index contributed by atoms with van der Waals surface area (Å²) < 4.78 is 10.8. The molecule has 25 heavy (non-hydrogen) atoms. The summed E-state index contributed by atoms with van der Waals surface area (Å²) in [6.45, 7) is 2.24. The van der Waals surface area contributed by atoms with Gasteiger partial charge in [-0.1, -0.05) is 30.3 Å². The average Bonchev–Trinajstić information content (AvgIpc) is 3.31. The van der Waals surface area contributed by atoms with Gasteiger partial charge >= 0.3 is 0 Å². The second-order valence-electron chi connectivity index (χ2n) is 5.84. The number of hydrogen-bond acceptors (Lipinski definition) is 4. The van der Waals surface area contributed by atoms with Gasteiger partial charge < -0.3 is 14.8 Å². The van der Waals surface area contributed by atoms with Crippen LogP contribution in [-0.4, -0.2) is 12.7 Å². The zero-order valence-corrected chi connectivity index (χ0v) is 14.5. The van der Waals surface area contributed by atoms with E-state index in [1.807, 2.05) is 67.6 Å². The summed E-state index contributed by atoms with van der Waals surface area (Å²) in [7, 11) is 0. The van der Waals surface area contributed by atoms with Crippen molar-refractivity contribution in [3.63, 3.8) is 0 Å². The second-order valence-corrected chi connectivity index (χ2v) is 6.92. The minimum Gasteiger partial charge on any atom is -0.454 e. The van der Waals surface area contributed by atoms with Gasteiger partial charge in [-0.2, -0.15) is 0 Å². The van der Waals surface area contributed by atoms with Gasteiger partial charge in [0.05, 0.1) is 10.9 Å². The largest absolute Gasteiger partial charge is 0.454 e. The Hall–Kier alpha value is -2.79. The van der Waals surface area contributed by atoms with Crippen LogP contribution in [0.3, 0.4) is 0 Å². The summed E-state index contributed by atoms with van der Waals surface area (Å²) in [5.41, 5.74) is 2.10. The van der Waals surface area contributed by atoms with Crippen LogP contribution in [0.4, 0.5) is 0 Å². The molecule has 0 saturated carbocycles. The van der Waals surface area contributed by atoms with Crippen molar-refractivity contribution in [3.8, 4) is 21.9 Å². The minimum atomic E-state index is -0.0617. The fraction of sp³-hybridized carbons (Fsp3) is 0.150. The lowest BCUT2D eigenvalue weighted by molar-refractivity contribution is 0.0944. The number of thiophene rings is 1. The smallest absolute Gasteiger partial charge is 0.261 e. The highest BCUT2D eigenvalue weighted by Crippen LogP contribution is 2.38. The molecule has 1 N–H and O–H groups in total. The van der Waals surface area contributed by atoms with Crippen molar-refractivity contribution in [1.82, 2.24) is 5.32 Å². The highest BCUT2D eigenvalue weighted by Gasteiger charge is 2.17. The van der Waals surface area contributed by atoms with Crippen LogP contribution in [0.2, 0.25) is 0 Å². The number of nitrogens with one attached hydrogen (secondary N) is 1. The summed E-state index contributed by atoms with van der Waals surface area (Å²) in [6, 6.07) is 19.5. The van der Waals surface area contributed by atoms with Gasteiger partial charge in [-0.25, -0.2) is 0 Å². The molecule has 0 spiro atoms. The van der Waals surface area contributed by atoms with Crippen LogP contribution in [0.1, 0.15) is 28.2 Å². The van der Waals surface area contributed by atoms with E-state index < -0.39 is 0 Å². The SMILES string of the molecule is C[C@@H](NC(=O)c1ccc(-c2ccc3c(c2)OCO3)s1)c1ccccc1. The molecule has 1 aliphatic rings. The molecule has 0 fully saturated rings. The van der Waals surface area contributed by atoms with Gasteiger partial charge in [-0.3, -0.25) is 4.79 Å². The molecule has 126 valence electrons. The van der Waals surface area contributed by atoms with Crippen molar-refractivity contribution in [2.75, 3.05) is 6.79 Å². The molecule has 3 aromatic rings. The maximum Gasteiger partial charge on any atom is 0.261 e. The van der Waals surface area contributed by atoms with E-state index in [1.54, 1.807) is 0 Å². The van der Waals surface area contributed by atoms with E-state index in [0.29, 0.717) is 4.88 Å². The van der Waals surface area contributed by atoms with Crippen LogP contribution in [-0.2, 0) is 0 Å². The first-order valence-electron chi connectivity index (χ1n) is 8.06. The third-order valence-electron chi connectivity index (χ3n) is 4.13. The fourth-order valence-corrected chi connectivity index (χ4v) is 3.66. The van der Waals surface area contributed by atoms with Gasteiger partial charge in [-0.05, 0) is 48.4 Å². The first kappa shape index (κ1) is 15.7. The minimum absolute atomic E-state index is 0.0372. The Morgan fingerprint density at radius 1 is 1.04 bits per heavy atom. The van der Waals surface area contributed by atoms with Gasteiger partial charge in [-0.15, -0.1) is 11.3 Å². The van der Waals surface area contributed by atoms with Crippen molar-refractivity contribution >= 4 is 17.2 Å². The molecule has 0 unspecified atom stereocenters. The summed E-state index contributed by atoms with van der Waals surface area (Å²) in [5, 5.41) is 3.05. The highest BCUT2D eigenvalue weighted by molar-refractivity contribution is 7.17. The van der Waals surface area contributed by atoms with Crippen LogP contribution < -0.4 is 14.8 Å². The third kappa shape index (κ3) is 3.23. The van der Waals surface area contributed by atoms with Gasteiger partial charge in [0, 0.05) is 4.88 Å². The van der Waals surface area contributed by atoms with Crippen LogP contribution >= 0.6 is 11.3 Å². The van der Waals surface area contributed by atoms with Gasteiger partial charge in [0.1, 0.15) is 0 Å². The molecule has 0 bridgehead atoms. The molecule has 0 aliphatic carbocycles. The van der Waals surface area contributed by atoms with Gasteiger partial charge in [0.25, 0.3) is 5.91 Å². The molecule has 1 amide bonds. The number of benzene rings is 2. The van der Waals surface area contributed by atoms with Crippen molar-refractivity contribution in [2.24, 2.45) is 0 Å². The van der Waals surface area contributed by atoms with Crippen LogP contribution in [0.25, 0.3) is 10.4 Å². The van der Waals surface area contributed by atoms with E-state index in [4.69, 9.17) is 9.47 Å². The summed E-state index contributed by atoms with van der Waals surface area (Å²) in [6.07, 6.45) is 0. The molecule has 1 aliphatic heterocycles. The molecule has 0 radical (unpaired) electrons. The Labute approximate surface area is 150 Å². The molecular formula is C20H17NO3S. The Bertz CT molecular complexity index is 904. The van der Waals surface area contributed by atoms with Crippen molar-refractivity contribution in [2.45, 2.75) is 13.0 Å². The number of ether oxygens (including phenoxy) is 2. The molecular weight excluding hydrogens is 334 g/mol. The number of carbonyl (C=O) groups is 1. The van der Waals surface area contributed by atoms with Gasteiger partial charge in [0.15, 0.2) is 11.5 Å². The zero-order valence-electron chi connectivity index (χ0n) is 13.7. The number of hydrogen-bond donors (Lipinski definition) is 1. The van der Waals surface area contributed by atoms with E-state index in [2.05, 4.69) is 5.32 Å². The summed E-state index contributed by atoms with van der Waals surface area (Å²) >= 11 is 1.47. The Balaban J connectivity index is 1.50. The monoisotopic (exact) mass is 351 g/mol. The molecule has 5 heteroatoms. The Morgan fingerprint density at radius 2 is 1.84 bits per heavy atom. The van der Waals surface area contributed by atoms with E-state index in [-0.39, 0.29) is 18.7 Å². The third-order valence-corrected chi connectivity index (χ3v) is 5.27. The zero-order chi connectivity index (χ0) is 17.2. The van der Waals surface area contributed by atoms with E-state index in [0.717, 1.165) is 27.5 Å². The lowest BCUT2D eigenvalue weighted by atomic mass is 10.1. The Morgan fingerprint density at radius 3 is 2.68 bits per heavy atom. The number of fused-ring (bicyclic) bond motifs is 1. The van der Waals surface area contributed by atoms with Crippen molar-refractivity contribution in [3.05, 3.63) is 71.1 Å². The molecule has 1 aromatic heterocycles. The predicted molar refractivity (Wildman–Crippen MR) is 98.2 cm³/mol.